The number of fused-ring (bicyclic) bond motifs is 1. The summed E-state index contributed by atoms with van der Waals surface area (Å²) in [6.45, 7) is 1.31. The monoisotopic (exact) mass is 328 g/mol. The molecule has 0 aliphatic heterocycles. The van der Waals surface area contributed by atoms with Crippen molar-refractivity contribution in [2.45, 2.75) is 24.5 Å². The van der Waals surface area contributed by atoms with Gasteiger partial charge in [-0.3, -0.25) is 10.0 Å². The predicted octanol–water partition coefficient (Wildman–Crippen LogP) is 1.54. The van der Waals surface area contributed by atoms with Gasteiger partial charge in [0.15, 0.2) is 9.84 Å². The van der Waals surface area contributed by atoms with Crippen LogP contribution in [0.2, 0.25) is 0 Å². The molecule has 0 saturated heterocycles. The van der Waals surface area contributed by atoms with Crippen molar-refractivity contribution >= 4 is 37.3 Å². The molecule has 0 spiro atoms. The van der Waals surface area contributed by atoms with Crippen LogP contribution < -0.4 is 5.48 Å². The van der Waals surface area contributed by atoms with Gasteiger partial charge in [-0.1, -0.05) is 12.1 Å². The van der Waals surface area contributed by atoms with E-state index >= 15 is 0 Å². The topological polar surface area (TPSA) is 96.4 Å². The summed E-state index contributed by atoms with van der Waals surface area (Å²) >= 11 is 1.47. The lowest BCUT2D eigenvalue weighted by Gasteiger charge is -2.24. The second-order valence-electron chi connectivity index (χ2n) is 5.02. The Labute approximate surface area is 126 Å². The van der Waals surface area contributed by atoms with Gasteiger partial charge in [0.05, 0.1) is 15.2 Å². The van der Waals surface area contributed by atoms with Crippen molar-refractivity contribution in [3.8, 4) is 0 Å². The van der Waals surface area contributed by atoms with E-state index in [0.29, 0.717) is 6.42 Å². The van der Waals surface area contributed by atoms with Crippen molar-refractivity contribution in [2.75, 3.05) is 6.26 Å². The number of hydrogen-bond donors (Lipinski definition) is 2. The Balaban J connectivity index is 2.24. The highest BCUT2D eigenvalue weighted by molar-refractivity contribution is 7.92. The fourth-order valence-corrected chi connectivity index (χ4v) is 3.78. The van der Waals surface area contributed by atoms with Crippen LogP contribution >= 0.6 is 11.3 Å². The molecule has 2 rings (SSSR count). The lowest BCUT2D eigenvalue weighted by Crippen LogP contribution is -2.49. The maximum absolute atomic E-state index is 11.9. The van der Waals surface area contributed by atoms with Gasteiger partial charge in [0.1, 0.15) is 4.75 Å². The molecule has 0 saturated carbocycles. The summed E-state index contributed by atoms with van der Waals surface area (Å²) in [6.07, 6.45) is 1.38. The molecule has 0 aliphatic carbocycles. The number of carbonyl (C=O) groups excluding carboxylic acids is 1. The van der Waals surface area contributed by atoms with Crippen LogP contribution in [0.25, 0.3) is 10.2 Å². The standard InChI is InChI=1S/C13H16N2O4S2/c1-13(12(16)15-17,21(2,18)19)8-7-11-14-9-5-3-4-6-10(9)20-11/h3-6,17H,7-8H2,1-2H3,(H,15,16). The number of carbonyl (C=O) groups is 1. The number of aromatic nitrogens is 1. The number of amides is 1. The zero-order valence-corrected chi connectivity index (χ0v) is 13.3. The molecule has 0 fully saturated rings. The molecule has 2 N–H and O–H groups in total. The first kappa shape index (κ1) is 15.9. The van der Waals surface area contributed by atoms with Crippen LogP contribution in [-0.2, 0) is 21.1 Å². The van der Waals surface area contributed by atoms with Crippen molar-refractivity contribution in [1.82, 2.24) is 10.5 Å². The summed E-state index contributed by atoms with van der Waals surface area (Å²) in [5, 5.41) is 9.53. The van der Waals surface area contributed by atoms with E-state index in [0.717, 1.165) is 21.5 Å². The average Bonchev–Trinajstić information content (AvgIpc) is 2.85. The number of nitrogens with zero attached hydrogens (tertiary/aromatic N) is 1. The fourth-order valence-electron chi connectivity index (χ4n) is 1.96. The second kappa shape index (κ2) is 5.70. The first-order valence-electron chi connectivity index (χ1n) is 6.26. The summed E-state index contributed by atoms with van der Waals surface area (Å²) in [7, 11) is -3.67. The average molecular weight is 328 g/mol. The molecule has 0 aliphatic rings. The lowest BCUT2D eigenvalue weighted by atomic mass is 10.0. The van der Waals surface area contributed by atoms with E-state index in [-0.39, 0.29) is 6.42 Å². The van der Waals surface area contributed by atoms with Gasteiger partial charge in [-0.2, -0.15) is 0 Å². The van der Waals surface area contributed by atoms with Crippen molar-refractivity contribution in [3.63, 3.8) is 0 Å². The van der Waals surface area contributed by atoms with E-state index in [2.05, 4.69) is 4.98 Å². The number of para-hydroxylation sites is 1. The number of rotatable bonds is 5. The Morgan fingerprint density at radius 3 is 2.67 bits per heavy atom. The van der Waals surface area contributed by atoms with Gasteiger partial charge in [-0.25, -0.2) is 18.9 Å². The van der Waals surface area contributed by atoms with E-state index in [4.69, 9.17) is 5.21 Å². The van der Waals surface area contributed by atoms with E-state index in [1.54, 1.807) is 0 Å². The van der Waals surface area contributed by atoms with Crippen molar-refractivity contribution in [1.29, 1.82) is 0 Å². The third kappa shape index (κ3) is 3.07. The van der Waals surface area contributed by atoms with Crippen LogP contribution in [0.1, 0.15) is 18.4 Å². The molecule has 1 aromatic carbocycles. The normalized spacial score (nSPS) is 14.8. The maximum Gasteiger partial charge on any atom is 0.264 e. The van der Waals surface area contributed by atoms with Crippen molar-refractivity contribution in [3.05, 3.63) is 29.3 Å². The number of nitrogens with one attached hydrogen (secondary N) is 1. The third-order valence-corrected chi connectivity index (χ3v) is 6.68. The van der Waals surface area contributed by atoms with Gasteiger partial charge in [0.25, 0.3) is 5.91 Å². The van der Waals surface area contributed by atoms with Crippen molar-refractivity contribution in [2.24, 2.45) is 0 Å². The van der Waals surface area contributed by atoms with Gasteiger partial charge in [-0.15, -0.1) is 11.3 Å². The Hall–Kier alpha value is -1.51. The molecule has 0 radical (unpaired) electrons. The first-order chi connectivity index (χ1) is 9.78. The summed E-state index contributed by atoms with van der Waals surface area (Å²) in [5.74, 6) is -0.925. The predicted molar refractivity (Wildman–Crippen MR) is 81.1 cm³/mol. The molecule has 1 amide bonds. The molecule has 21 heavy (non-hydrogen) atoms. The van der Waals surface area contributed by atoms with Crippen LogP contribution in [0.3, 0.4) is 0 Å². The van der Waals surface area contributed by atoms with Gasteiger partial charge < -0.3 is 0 Å². The molecule has 1 heterocycles. The summed E-state index contributed by atoms with van der Waals surface area (Å²) in [4.78, 5) is 16.1. The number of hydroxylamine groups is 1. The molecule has 6 nitrogen and oxygen atoms in total. The minimum absolute atomic E-state index is 0.0536. The Kier molecular flexibility index (Phi) is 4.31. The van der Waals surface area contributed by atoms with Gasteiger partial charge in [-0.05, 0) is 25.5 Å². The SMILES string of the molecule is CC(CCc1nc2ccccc2s1)(C(=O)NO)S(C)(=O)=O. The Bertz CT molecular complexity index is 736. The highest BCUT2D eigenvalue weighted by Gasteiger charge is 2.43. The largest absolute Gasteiger partial charge is 0.289 e. The smallest absolute Gasteiger partial charge is 0.264 e. The molecule has 1 unspecified atom stereocenters. The molecule has 2 aromatic rings. The molecular weight excluding hydrogens is 312 g/mol. The second-order valence-corrected chi connectivity index (χ2v) is 8.58. The van der Waals surface area contributed by atoms with Gasteiger partial charge >= 0.3 is 0 Å². The van der Waals surface area contributed by atoms with E-state index in [1.807, 2.05) is 24.3 Å². The zero-order valence-electron chi connectivity index (χ0n) is 11.7. The fraction of sp³-hybridized carbons (Fsp3) is 0.385. The highest BCUT2D eigenvalue weighted by atomic mass is 32.2. The number of hydrogen-bond acceptors (Lipinski definition) is 6. The van der Waals surface area contributed by atoms with E-state index in [1.165, 1.54) is 23.7 Å². The van der Waals surface area contributed by atoms with Crippen LogP contribution in [0.5, 0.6) is 0 Å². The minimum Gasteiger partial charge on any atom is -0.289 e. The van der Waals surface area contributed by atoms with E-state index in [9.17, 15) is 13.2 Å². The lowest BCUT2D eigenvalue weighted by molar-refractivity contribution is -0.131. The summed E-state index contributed by atoms with van der Waals surface area (Å²) in [6, 6.07) is 7.61. The maximum atomic E-state index is 11.9. The quantitative estimate of drug-likeness (QED) is 0.641. The number of thiazole rings is 1. The summed E-state index contributed by atoms with van der Waals surface area (Å²) in [5.41, 5.74) is 2.29. The zero-order chi connectivity index (χ0) is 15.7. The van der Waals surface area contributed by atoms with Crippen molar-refractivity contribution < 1.29 is 18.4 Å². The molecule has 1 aromatic heterocycles. The Morgan fingerprint density at radius 1 is 1.43 bits per heavy atom. The first-order valence-corrected chi connectivity index (χ1v) is 8.97. The van der Waals surface area contributed by atoms with E-state index < -0.39 is 20.5 Å². The molecular formula is C13H16N2O4S2. The number of benzene rings is 1. The molecule has 0 bridgehead atoms. The molecule has 114 valence electrons. The van der Waals surface area contributed by atoms with Crippen LogP contribution in [0, 0.1) is 0 Å². The highest BCUT2D eigenvalue weighted by Crippen LogP contribution is 2.27. The number of aryl methyl sites for hydroxylation is 1. The van der Waals surface area contributed by atoms with Crippen LogP contribution in [0.15, 0.2) is 24.3 Å². The number of sulfone groups is 1. The van der Waals surface area contributed by atoms with Crippen LogP contribution in [-0.4, -0.2) is 35.5 Å². The minimum atomic E-state index is -3.67. The summed E-state index contributed by atoms with van der Waals surface area (Å²) < 4.78 is 23.0. The van der Waals surface area contributed by atoms with Gasteiger partial charge in [0.2, 0.25) is 0 Å². The molecule has 1 atom stereocenters. The Morgan fingerprint density at radius 2 is 2.10 bits per heavy atom. The van der Waals surface area contributed by atoms with Crippen LogP contribution in [0.4, 0.5) is 0 Å². The third-order valence-electron chi connectivity index (χ3n) is 3.55. The molecule has 8 heteroatoms. The van der Waals surface area contributed by atoms with Gasteiger partial charge in [0, 0.05) is 12.7 Å².